The molecule has 1 aromatic rings. The molecule has 1 N–H and O–H groups in total. The summed E-state index contributed by atoms with van der Waals surface area (Å²) in [6.45, 7) is 4.09. The molecule has 0 unspecified atom stereocenters. The van der Waals surface area contributed by atoms with Crippen LogP contribution in [0.15, 0.2) is 10.6 Å². The van der Waals surface area contributed by atoms with E-state index < -0.39 is 14.6 Å². The lowest BCUT2D eigenvalue weighted by molar-refractivity contribution is 0.411. The largest absolute Gasteiger partial charge is 0.444 e. The van der Waals surface area contributed by atoms with E-state index in [0.29, 0.717) is 24.1 Å². The minimum absolute atomic E-state index is 0.409. The lowest BCUT2D eigenvalue weighted by Gasteiger charge is -2.18. The zero-order chi connectivity index (χ0) is 13.4. The molecule has 0 amide bonds. The standard InChI is InChI=1S/C12H20N2O3S/c1-12(2,18(3,15)16)10-8-14-11(17-10)6-7-13-9-4-5-9/h8-9,13H,4-7H2,1-3H3. The van der Waals surface area contributed by atoms with Crippen LogP contribution in [0.4, 0.5) is 0 Å². The van der Waals surface area contributed by atoms with E-state index >= 15 is 0 Å². The number of hydrogen-bond acceptors (Lipinski definition) is 5. The molecule has 2 rings (SSSR count). The fourth-order valence-electron chi connectivity index (χ4n) is 1.56. The summed E-state index contributed by atoms with van der Waals surface area (Å²) in [6.07, 6.45) is 5.92. The number of sulfone groups is 1. The Balaban J connectivity index is 2.00. The lowest BCUT2D eigenvalue weighted by atomic mass is 10.2. The van der Waals surface area contributed by atoms with E-state index in [0.717, 1.165) is 6.54 Å². The van der Waals surface area contributed by atoms with E-state index in [2.05, 4.69) is 10.3 Å². The SMILES string of the molecule is CC(C)(c1cnc(CCNC2CC2)o1)S(C)(=O)=O. The van der Waals surface area contributed by atoms with Crippen molar-refractivity contribution in [3.05, 3.63) is 17.8 Å². The van der Waals surface area contributed by atoms with Gasteiger partial charge in [0.05, 0.1) is 6.20 Å². The highest BCUT2D eigenvalue weighted by Crippen LogP contribution is 2.29. The van der Waals surface area contributed by atoms with Crippen molar-refractivity contribution >= 4 is 9.84 Å². The summed E-state index contributed by atoms with van der Waals surface area (Å²) in [5.41, 5.74) is 0. The molecule has 1 fully saturated rings. The molecule has 0 saturated heterocycles. The quantitative estimate of drug-likeness (QED) is 0.843. The normalized spacial score (nSPS) is 17.1. The van der Waals surface area contributed by atoms with Crippen LogP contribution >= 0.6 is 0 Å². The second kappa shape index (κ2) is 4.66. The average Bonchev–Trinajstić information content (AvgIpc) is 2.93. The van der Waals surface area contributed by atoms with Crippen molar-refractivity contribution in [3.8, 4) is 0 Å². The first-order valence-electron chi connectivity index (χ1n) is 6.19. The van der Waals surface area contributed by atoms with Crippen LogP contribution in [0.1, 0.15) is 38.3 Å². The number of nitrogens with one attached hydrogen (secondary N) is 1. The van der Waals surface area contributed by atoms with Gasteiger partial charge in [0.2, 0.25) is 0 Å². The first-order chi connectivity index (χ1) is 8.30. The second-order valence-electron chi connectivity index (χ2n) is 5.38. The Labute approximate surface area is 108 Å². The molecule has 6 heteroatoms. The monoisotopic (exact) mass is 272 g/mol. The molecule has 0 aromatic carbocycles. The molecular weight excluding hydrogens is 252 g/mol. The van der Waals surface area contributed by atoms with Gasteiger partial charge < -0.3 is 9.73 Å². The molecule has 0 aliphatic heterocycles. The van der Waals surface area contributed by atoms with Gasteiger partial charge in [-0.15, -0.1) is 0 Å². The topological polar surface area (TPSA) is 72.2 Å². The minimum Gasteiger partial charge on any atom is -0.444 e. The van der Waals surface area contributed by atoms with E-state index in [1.807, 2.05) is 0 Å². The van der Waals surface area contributed by atoms with Gasteiger partial charge in [0.15, 0.2) is 15.7 Å². The Morgan fingerprint density at radius 3 is 2.72 bits per heavy atom. The van der Waals surface area contributed by atoms with Gasteiger partial charge >= 0.3 is 0 Å². The molecule has 1 aliphatic carbocycles. The Bertz CT molecular complexity index is 515. The highest BCUT2D eigenvalue weighted by atomic mass is 32.2. The molecule has 102 valence electrons. The number of aromatic nitrogens is 1. The van der Waals surface area contributed by atoms with E-state index in [-0.39, 0.29) is 0 Å². The Hall–Kier alpha value is -0.880. The average molecular weight is 272 g/mol. The third-order valence-electron chi connectivity index (χ3n) is 3.42. The first-order valence-corrected chi connectivity index (χ1v) is 8.08. The molecule has 0 radical (unpaired) electrons. The van der Waals surface area contributed by atoms with E-state index in [1.165, 1.54) is 25.3 Å². The van der Waals surface area contributed by atoms with E-state index in [9.17, 15) is 8.42 Å². The maximum atomic E-state index is 11.7. The number of oxazole rings is 1. The summed E-state index contributed by atoms with van der Waals surface area (Å²) < 4.78 is 27.9. The zero-order valence-corrected chi connectivity index (χ0v) is 11.9. The van der Waals surface area contributed by atoms with Crippen molar-refractivity contribution < 1.29 is 12.8 Å². The van der Waals surface area contributed by atoms with Gasteiger partial charge in [-0.05, 0) is 26.7 Å². The van der Waals surface area contributed by atoms with Crippen LogP contribution in [0.25, 0.3) is 0 Å². The lowest BCUT2D eigenvalue weighted by Crippen LogP contribution is -2.27. The van der Waals surface area contributed by atoms with Crippen LogP contribution in [0.3, 0.4) is 0 Å². The molecule has 1 aliphatic rings. The molecule has 0 atom stereocenters. The summed E-state index contributed by atoms with van der Waals surface area (Å²) in [5.74, 6) is 1.00. The Morgan fingerprint density at radius 1 is 1.50 bits per heavy atom. The Kier molecular flexibility index (Phi) is 3.51. The predicted molar refractivity (Wildman–Crippen MR) is 69.1 cm³/mol. The molecule has 1 aromatic heterocycles. The summed E-state index contributed by atoms with van der Waals surface area (Å²) in [4.78, 5) is 4.14. The van der Waals surface area contributed by atoms with Gasteiger partial charge in [-0.25, -0.2) is 13.4 Å². The second-order valence-corrected chi connectivity index (χ2v) is 7.94. The summed E-state index contributed by atoms with van der Waals surface area (Å²) in [7, 11) is -3.22. The molecule has 1 heterocycles. The highest BCUT2D eigenvalue weighted by Gasteiger charge is 2.36. The van der Waals surface area contributed by atoms with Gasteiger partial charge in [-0.2, -0.15) is 0 Å². The number of rotatable bonds is 6. The van der Waals surface area contributed by atoms with Crippen molar-refractivity contribution in [1.82, 2.24) is 10.3 Å². The van der Waals surface area contributed by atoms with Crippen LogP contribution in [0, 0.1) is 0 Å². The van der Waals surface area contributed by atoms with Crippen molar-refractivity contribution in [2.75, 3.05) is 12.8 Å². The molecule has 18 heavy (non-hydrogen) atoms. The molecule has 5 nitrogen and oxygen atoms in total. The van der Waals surface area contributed by atoms with Crippen LogP contribution in [-0.4, -0.2) is 32.2 Å². The zero-order valence-electron chi connectivity index (χ0n) is 11.1. The van der Waals surface area contributed by atoms with Crippen LogP contribution < -0.4 is 5.32 Å². The van der Waals surface area contributed by atoms with Crippen molar-refractivity contribution in [3.63, 3.8) is 0 Å². The summed E-state index contributed by atoms with van der Waals surface area (Å²) >= 11 is 0. The summed E-state index contributed by atoms with van der Waals surface area (Å²) in [6, 6.07) is 0.659. The first kappa shape index (κ1) is 13.5. The van der Waals surface area contributed by atoms with Crippen LogP contribution in [0.5, 0.6) is 0 Å². The molecular formula is C12H20N2O3S. The molecule has 1 saturated carbocycles. The van der Waals surface area contributed by atoms with Gasteiger partial charge in [0.1, 0.15) is 10.5 Å². The maximum absolute atomic E-state index is 11.7. The third-order valence-corrected chi connectivity index (χ3v) is 5.48. The van der Waals surface area contributed by atoms with Crippen molar-refractivity contribution in [2.24, 2.45) is 0 Å². The maximum Gasteiger partial charge on any atom is 0.195 e. The van der Waals surface area contributed by atoms with E-state index in [4.69, 9.17) is 4.42 Å². The molecule has 0 spiro atoms. The smallest absolute Gasteiger partial charge is 0.195 e. The van der Waals surface area contributed by atoms with E-state index in [1.54, 1.807) is 13.8 Å². The van der Waals surface area contributed by atoms with Crippen molar-refractivity contribution in [1.29, 1.82) is 0 Å². The highest BCUT2D eigenvalue weighted by molar-refractivity contribution is 7.91. The van der Waals surface area contributed by atoms with Crippen molar-refractivity contribution in [2.45, 2.75) is 43.9 Å². The predicted octanol–water partition coefficient (Wildman–Crippen LogP) is 1.25. The number of hydrogen-bond donors (Lipinski definition) is 1. The number of nitrogens with zero attached hydrogens (tertiary/aromatic N) is 1. The van der Waals surface area contributed by atoms with Gasteiger partial charge in [-0.3, -0.25) is 0 Å². The van der Waals surface area contributed by atoms with Gasteiger partial charge in [0.25, 0.3) is 0 Å². The van der Waals surface area contributed by atoms with Crippen LogP contribution in [0.2, 0.25) is 0 Å². The summed E-state index contributed by atoms with van der Waals surface area (Å²) in [5, 5.41) is 3.37. The molecule has 0 bridgehead atoms. The Morgan fingerprint density at radius 2 is 2.17 bits per heavy atom. The van der Waals surface area contributed by atoms with Gasteiger partial charge in [-0.1, -0.05) is 0 Å². The van der Waals surface area contributed by atoms with Gasteiger partial charge in [0, 0.05) is 25.3 Å². The minimum atomic E-state index is -3.22. The fourth-order valence-corrected chi connectivity index (χ4v) is 2.02. The fraction of sp³-hybridized carbons (Fsp3) is 0.750. The third kappa shape index (κ3) is 2.92. The van der Waals surface area contributed by atoms with Crippen LogP contribution in [-0.2, 0) is 21.0 Å².